The van der Waals surface area contributed by atoms with Crippen LogP contribution in [-0.2, 0) is 4.79 Å². The van der Waals surface area contributed by atoms with Crippen LogP contribution < -0.4 is 10.1 Å². The Hall–Kier alpha value is -2.65. The number of aliphatic carboxylic acids is 1. The number of carboxylic acids is 2. The zero-order valence-corrected chi connectivity index (χ0v) is 17.0. The molecule has 0 aromatic carbocycles. The third-order valence-corrected chi connectivity index (χ3v) is 7.17. The summed E-state index contributed by atoms with van der Waals surface area (Å²) < 4.78 is 6.01. The molecule has 9 heteroatoms. The van der Waals surface area contributed by atoms with Gasteiger partial charge in [-0.25, -0.2) is 9.59 Å². The molecule has 152 valence electrons. The molecule has 0 radical (unpaired) electrons. The maximum atomic E-state index is 12.6. The van der Waals surface area contributed by atoms with E-state index in [4.69, 9.17) is 9.84 Å². The highest BCUT2D eigenvalue weighted by Gasteiger charge is 2.26. The lowest BCUT2D eigenvalue weighted by Crippen LogP contribution is -2.36. The smallest absolute Gasteiger partial charge is 0.349 e. The van der Waals surface area contributed by atoms with Crippen LogP contribution in [0.3, 0.4) is 0 Å². The fourth-order valence-corrected chi connectivity index (χ4v) is 5.81. The number of hydrogen-bond acceptors (Lipinski definition) is 6. The molecule has 1 aliphatic heterocycles. The Morgan fingerprint density at radius 3 is 2.59 bits per heavy atom. The molecule has 0 spiro atoms. The molecule has 0 unspecified atom stereocenters. The van der Waals surface area contributed by atoms with Crippen molar-refractivity contribution in [2.45, 2.75) is 38.1 Å². The molecule has 2 aliphatic carbocycles. The van der Waals surface area contributed by atoms with E-state index in [-0.39, 0.29) is 22.6 Å². The third kappa shape index (κ3) is 3.92. The number of nitrogens with one attached hydrogen (secondary N) is 1. The largest absolute Gasteiger partial charge is 0.479 e. The second-order valence-electron chi connectivity index (χ2n) is 7.06. The van der Waals surface area contributed by atoms with E-state index >= 15 is 0 Å². The van der Waals surface area contributed by atoms with E-state index in [0.717, 1.165) is 47.5 Å². The highest BCUT2D eigenvalue weighted by molar-refractivity contribution is 7.22. The molecule has 1 amide bonds. The highest BCUT2D eigenvalue weighted by atomic mass is 32.1. The molecule has 1 saturated carbocycles. The van der Waals surface area contributed by atoms with Gasteiger partial charge in [-0.05, 0) is 30.5 Å². The molecule has 3 N–H and O–H groups in total. The zero-order chi connectivity index (χ0) is 20.5. The Morgan fingerprint density at radius 1 is 1.14 bits per heavy atom. The Bertz CT molecular complexity index is 1060. The standard InChI is InChI=1S/C20H19NO6S2/c22-14(23)8-27-16-15-13(29-18(16)20(25)26)7-10-6-11(9-28-17(10)15)19(24)21-12-4-2-1-3-5-12/h6-7,9,12H,1-5,8H2,(H,21,24)(H,22,23)(H,25,26). The Labute approximate surface area is 174 Å². The number of fused-ring (bicyclic) bond motifs is 3. The Kier molecular flexibility index (Phi) is 5.42. The molecule has 0 bridgehead atoms. The molecule has 1 fully saturated rings. The second kappa shape index (κ2) is 8.00. The van der Waals surface area contributed by atoms with E-state index in [1.54, 1.807) is 11.4 Å². The first kappa shape index (κ1) is 19.7. The molecule has 3 aliphatic rings. The van der Waals surface area contributed by atoms with Crippen LogP contribution in [0.15, 0.2) is 17.5 Å². The highest BCUT2D eigenvalue weighted by Crippen LogP contribution is 2.48. The van der Waals surface area contributed by atoms with Gasteiger partial charge in [-0.1, -0.05) is 19.3 Å². The molecule has 0 saturated heterocycles. The van der Waals surface area contributed by atoms with Crippen LogP contribution in [-0.4, -0.2) is 40.7 Å². The van der Waals surface area contributed by atoms with E-state index < -0.39 is 18.5 Å². The normalized spacial score (nSPS) is 14.9. The number of ether oxygens (including phenoxy) is 1. The van der Waals surface area contributed by atoms with Gasteiger partial charge in [0.25, 0.3) is 5.91 Å². The summed E-state index contributed by atoms with van der Waals surface area (Å²) >= 11 is 2.37. The minimum absolute atomic E-state index is 0.0236. The van der Waals surface area contributed by atoms with E-state index in [0.29, 0.717) is 15.6 Å². The first-order valence-electron chi connectivity index (χ1n) is 9.30. The molecular weight excluding hydrogens is 414 g/mol. The van der Waals surface area contributed by atoms with Gasteiger partial charge in [0.1, 0.15) is 0 Å². The number of carboxylic acid groups (broad SMARTS) is 2. The quantitative estimate of drug-likeness (QED) is 0.534. The van der Waals surface area contributed by atoms with Gasteiger partial charge in [-0.2, -0.15) is 0 Å². The topological polar surface area (TPSA) is 113 Å². The van der Waals surface area contributed by atoms with Crippen molar-refractivity contribution in [3.63, 3.8) is 0 Å². The van der Waals surface area contributed by atoms with E-state index in [1.165, 1.54) is 17.8 Å². The molecule has 1 aromatic rings. The van der Waals surface area contributed by atoms with E-state index in [2.05, 4.69) is 5.32 Å². The number of rotatable bonds is 6. The lowest BCUT2D eigenvalue weighted by molar-refractivity contribution is -0.139. The number of amides is 1. The number of thiophene rings is 1. The van der Waals surface area contributed by atoms with Crippen LogP contribution in [0.25, 0.3) is 20.5 Å². The van der Waals surface area contributed by atoms with E-state index in [9.17, 15) is 19.5 Å². The zero-order valence-electron chi connectivity index (χ0n) is 15.4. The predicted octanol–water partition coefficient (Wildman–Crippen LogP) is 4.29. The summed E-state index contributed by atoms with van der Waals surface area (Å²) in [7, 11) is 0. The summed E-state index contributed by atoms with van der Waals surface area (Å²) in [5.41, 5.74) is 1.38. The van der Waals surface area contributed by atoms with Crippen molar-refractivity contribution in [3.05, 3.63) is 28.0 Å². The Balaban J connectivity index is 1.68. The third-order valence-electron chi connectivity index (χ3n) is 5.02. The summed E-state index contributed by atoms with van der Waals surface area (Å²) in [4.78, 5) is 35.8. The summed E-state index contributed by atoms with van der Waals surface area (Å²) in [6.07, 6.45) is 5.50. The van der Waals surface area contributed by atoms with Crippen molar-refractivity contribution in [2.75, 3.05) is 6.61 Å². The summed E-state index contributed by atoms with van der Waals surface area (Å²) in [5.74, 6) is -2.37. The van der Waals surface area contributed by atoms with Crippen molar-refractivity contribution in [1.29, 1.82) is 0 Å². The van der Waals surface area contributed by atoms with Gasteiger partial charge in [0.2, 0.25) is 0 Å². The van der Waals surface area contributed by atoms with Crippen LogP contribution in [0.2, 0.25) is 0 Å². The van der Waals surface area contributed by atoms with Crippen molar-refractivity contribution >= 4 is 50.6 Å². The molecule has 4 rings (SSSR count). The molecule has 7 nitrogen and oxygen atoms in total. The molecule has 1 aromatic heterocycles. The number of aromatic carboxylic acids is 1. The first-order valence-corrected chi connectivity index (χ1v) is 11.0. The van der Waals surface area contributed by atoms with Crippen LogP contribution in [0.4, 0.5) is 0 Å². The lowest BCUT2D eigenvalue weighted by Gasteiger charge is -2.22. The molecular formula is C20H19NO6S2. The predicted molar refractivity (Wildman–Crippen MR) is 111 cm³/mol. The van der Waals surface area contributed by atoms with Gasteiger partial charge in [-0.15, -0.1) is 22.7 Å². The molecule has 2 heterocycles. The van der Waals surface area contributed by atoms with Gasteiger partial charge >= 0.3 is 11.9 Å². The SMILES string of the molecule is O=C(O)COc1c(C(=O)O)sc2cc3cc(C(=O)NC4CCCCC4)csc-3c12. The van der Waals surface area contributed by atoms with Crippen LogP contribution in [0, 0.1) is 0 Å². The van der Waals surface area contributed by atoms with Gasteiger partial charge in [0.05, 0.1) is 5.39 Å². The number of carbonyl (C=O) groups excluding carboxylic acids is 1. The monoisotopic (exact) mass is 433 g/mol. The number of hydrogen-bond donors (Lipinski definition) is 3. The minimum Gasteiger partial charge on any atom is -0.479 e. The van der Waals surface area contributed by atoms with Crippen molar-refractivity contribution in [3.8, 4) is 16.2 Å². The molecule has 29 heavy (non-hydrogen) atoms. The van der Waals surface area contributed by atoms with Gasteiger partial charge in [0, 0.05) is 26.6 Å². The maximum absolute atomic E-state index is 12.6. The van der Waals surface area contributed by atoms with Crippen LogP contribution in [0.1, 0.15) is 52.1 Å². The van der Waals surface area contributed by atoms with Gasteiger partial charge in [0.15, 0.2) is 17.2 Å². The lowest BCUT2D eigenvalue weighted by atomic mass is 9.95. The van der Waals surface area contributed by atoms with Crippen molar-refractivity contribution in [2.24, 2.45) is 0 Å². The van der Waals surface area contributed by atoms with E-state index in [1.807, 2.05) is 6.07 Å². The maximum Gasteiger partial charge on any atom is 0.349 e. The van der Waals surface area contributed by atoms with Crippen LogP contribution in [0.5, 0.6) is 5.75 Å². The first-order chi connectivity index (χ1) is 13.9. The fourth-order valence-electron chi connectivity index (χ4n) is 3.71. The van der Waals surface area contributed by atoms with Gasteiger partial charge < -0.3 is 20.3 Å². The van der Waals surface area contributed by atoms with Gasteiger partial charge in [-0.3, -0.25) is 4.79 Å². The number of carbonyl (C=O) groups is 3. The molecule has 0 atom stereocenters. The van der Waals surface area contributed by atoms with Crippen LogP contribution >= 0.6 is 22.7 Å². The average molecular weight is 434 g/mol. The summed E-state index contributed by atoms with van der Waals surface area (Å²) in [6, 6.07) is 3.83. The Morgan fingerprint density at radius 2 is 1.90 bits per heavy atom. The second-order valence-corrected chi connectivity index (χ2v) is 8.99. The van der Waals surface area contributed by atoms with Crippen molar-refractivity contribution < 1.29 is 29.3 Å². The summed E-state index contributed by atoms with van der Waals surface area (Å²) in [6.45, 7) is -0.620. The van der Waals surface area contributed by atoms with Crippen molar-refractivity contribution in [1.82, 2.24) is 5.32 Å². The minimum atomic E-state index is -1.18. The average Bonchev–Trinajstić information content (AvgIpc) is 3.22. The summed E-state index contributed by atoms with van der Waals surface area (Å²) in [5, 5.41) is 23.8. The fraction of sp³-hybridized carbons (Fsp3) is 0.350.